The van der Waals surface area contributed by atoms with Gasteiger partial charge in [0.25, 0.3) is 5.91 Å². The number of rotatable bonds is 4. The predicted molar refractivity (Wildman–Crippen MR) is 93.1 cm³/mol. The van der Waals surface area contributed by atoms with Gasteiger partial charge in [0.1, 0.15) is 0 Å². The van der Waals surface area contributed by atoms with Crippen molar-refractivity contribution in [2.45, 2.75) is 19.9 Å². The molecule has 1 amide bonds. The van der Waals surface area contributed by atoms with E-state index >= 15 is 0 Å². The lowest BCUT2D eigenvalue weighted by molar-refractivity contribution is 0.0198. The van der Waals surface area contributed by atoms with Crippen molar-refractivity contribution in [1.29, 1.82) is 0 Å². The highest BCUT2D eigenvalue weighted by Gasteiger charge is 2.18. The van der Waals surface area contributed by atoms with Crippen molar-refractivity contribution in [3.63, 3.8) is 0 Å². The van der Waals surface area contributed by atoms with Crippen molar-refractivity contribution in [2.24, 2.45) is 7.05 Å². The van der Waals surface area contributed by atoms with Crippen molar-refractivity contribution in [3.8, 4) is 0 Å². The number of nitrogens with zero attached hydrogens (tertiary/aromatic N) is 3. The van der Waals surface area contributed by atoms with E-state index in [1.807, 2.05) is 26.1 Å². The van der Waals surface area contributed by atoms with Crippen LogP contribution in [0.15, 0.2) is 30.5 Å². The van der Waals surface area contributed by atoms with E-state index in [0.29, 0.717) is 11.6 Å². The Bertz CT molecular complexity index is 702. The summed E-state index contributed by atoms with van der Waals surface area (Å²) in [6.45, 7) is 7.60. The molecule has 2 heterocycles. The molecule has 128 valence electrons. The normalized spacial score (nSPS) is 16.8. The van der Waals surface area contributed by atoms with Crippen LogP contribution in [0.1, 0.15) is 34.6 Å². The zero-order valence-electron chi connectivity index (χ0n) is 14.5. The third kappa shape index (κ3) is 3.49. The third-order valence-electron chi connectivity index (χ3n) is 4.72. The summed E-state index contributed by atoms with van der Waals surface area (Å²) in [5.41, 5.74) is 3.49. The highest BCUT2D eigenvalue weighted by Crippen LogP contribution is 2.23. The van der Waals surface area contributed by atoms with E-state index in [2.05, 4.69) is 34.4 Å². The number of benzene rings is 1. The van der Waals surface area contributed by atoms with E-state index in [1.54, 1.807) is 10.9 Å². The third-order valence-corrected chi connectivity index (χ3v) is 4.72. The van der Waals surface area contributed by atoms with Crippen LogP contribution in [0.3, 0.4) is 0 Å². The summed E-state index contributed by atoms with van der Waals surface area (Å²) in [7, 11) is 1.83. The summed E-state index contributed by atoms with van der Waals surface area (Å²) in [6, 6.07) is 8.41. The van der Waals surface area contributed by atoms with Gasteiger partial charge in [-0.1, -0.05) is 12.1 Å². The predicted octanol–water partition coefficient (Wildman–Crippen LogP) is 2.37. The number of amides is 1. The molecule has 0 radical (unpaired) electrons. The average Bonchev–Trinajstić information content (AvgIpc) is 2.95. The monoisotopic (exact) mass is 328 g/mol. The van der Waals surface area contributed by atoms with Crippen LogP contribution >= 0.6 is 0 Å². The lowest BCUT2D eigenvalue weighted by atomic mass is 10.1. The van der Waals surface area contributed by atoms with Crippen LogP contribution in [0.25, 0.3) is 0 Å². The summed E-state index contributed by atoms with van der Waals surface area (Å²) in [4.78, 5) is 14.7. The van der Waals surface area contributed by atoms with Gasteiger partial charge in [-0.25, -0.2) is 0 Å². The van der Waals surface area contributed by atoms with Crippen molar-refractivity contribution in [2.75, 3.05) is 31.6 Å². The molecule has 6 nitrogen and oxygen atoms in total. The van der Waals surface area contributed by atoms with Gasteiger partial charge in [-0.15, -0.1) is 0 Å². The molecule has 1 aliphatic heterocycles. The highest BCUT2D eigenvalue weighted by atomic mass is 16.5. The van der Waals surface area contributed by atoms with E-state index in [9.17, 15) is 4.79 Å². The van der Waals surface area contributed by atoms with Crippen molar-refractivity contribution in [3.05, 3.63) is 47.3 Å². The molecule has 1 N–H and O–H groups in total. The van der Waals surface area contributed by atoms with Gasteiger partial charge in [0.05, 0.1) is 25.0 Å². The molecule has 0 spiro atoms. The van der Waals surface area contributed by atoms with E-state index in [-0.39, 0.29) is 5.91 Å². The van der Waals surface area contributed by atoms with E-state index in [4.69, 9.17) is 4.74 Å². The highest BCUT2D eigenvalue weighted by molar-refractivity contribution is 6.04. The second-order valence-electron chi connectivity index (χ2n) is 6.17. The molecule has 0 aliphatic carbocycles. The number of nitrogens with one attached hydrogen (secondary N) is 1. The SMILES string of the molecule is Cc1c(C(=O)Nc2ccc([C@H](C)N3CCOCC3)cc2)cnn1C. The number of aryl methyl sites for hydroxylation is 1. The van der Waals surface area contributed by atoms with Gasteiger partial charge in [0.15, 0.2) is 0 Å². The van der Waals surface area contributed by atoms with Crippen LogP contribution in [0.5, 0.6) is 0 Å². The maximum absolute atomic E-state index is 12.3. The minimum absolute atomic E-state index is 0.130. The number of hydrogen-bond acceptors (Lipinski definition) is 4. The fourth-order valence-corrected chi connectivity index (χ4v) is 2.94. The quantitative estimate of drug-likeness (QED) is 0.936. The van der Waals surface area contributed by atoms with E-state index in [0.717, 1.165) is 37.7 Å². The van der Waals surface area contributed by atoms with Gasteiger partial charge in [0.2, 0.25) is 0 Å². The Morgan fingerprint density at radius 2 is 1.92 bits per heavy atom. The molecule has 1 fully saturated rings. The first-order valence-electron chi connectivity index (χ1n) is 8.28. The first-order valence-corrected chi connectivity index (χ1v) is 8.28. The molecule has 2 aromatic rings. The van der Waals surface area contributed by atoms with Crippen LogP contribution in [0, 0.1) is 6.92 Å². The summed E-state index contributed by atoms with van der Waals surface area (Å²) >= 11 is 0. The minimum Gasteiger partial charge on any atom is -0.379 e. The van der Waals surface area contributed by atoms with Crippen molar-refractivity contribution >= 4 is 11.6 Å². The largest absolute Gasteiger partial charge is 0.379 e. The lowest BCUT2D eigenvalue weighted by Crippen LogP contribution is -2.37. The first-order chi connectivity index (χ1) is 11.6. The molecule has 1 atom stereocenters. The number of aromatic nitrogens is 2. The van der Waals surface area contributed by atoms with E-state index in [1.165, 1.54) is 5.56 Å². The van der Waals surface area contributed by atoms with Gasteiger partial charge in [-0.05, 0) is 31.5 Å². The molecule has 1 aromatic carbocycles. The minimum atomic E-state index is -0.130. The smallest absolute Gasteiger partial charge is 0.259 e. The number of morpholine rings is 1. The Kier molecular flexibility index (Phi) is 4.97. The summed E-state index contributed by atoms with van der Waals surface area (Å²) in [5.74, 6) is -0.130. The number of ether oxygens (including phenoxy) is 1. The Hall–Kier alpha value is -2.18. The maximum Gasteiger partial charge on any atom is 0.259 e. The number of anilines is 1. The molecular formula is C18H24N4O2. The molecule has 24 heavy (non-hydrogen) atoms. The molecule has 6 heteroatoms. The van der Waals surface area contributed by atoms with Crippen molar-refractivity contribution in [1.82, 2.24) is 14.7 Å². The maximum atomic E-state index is 12.3. The number of carbonyl (C=O) groups is 1. The topological polar surface area (TPSA) is 59.4 Å². The van der Waals surface area contributed by atoms with Gasteiger partial charge >= 0.3 is 0 Å². The van der Waals surface area contributed by atoms with Gasteiger partial charge in [-0.2, -0.15) is 5.10 Å². The molecule has 0 bridgehead atoms. The number of hydrogen-bond donors (Lipinski definition) is 1. The fraction of sp³-hybridized carbons (Fsp3) is 0.444. The Labute approximate surface area is 142 Å². The van der Waals surface area contributed by atoms with Crippen LogP contribution < -0.4 is 5.32 Å². The van der Waals surface area contributed by atoms with Crippen LogP contribution in [0.2, 0.25) is 0 Å². The zero-order chi connectivity index (χ0) is 17.1. The van der Waals surface area contributed by atoms with Crippen LogP contribution in [0.4, 0.5) is 5.69 Å². The molecule has 1 saturated heterocycles. The first kappa shape index (κ1) is 16.7. The summed E-state index contributed by atoms with van der Waals surface area (Å²) in [6.07, 6.45) is 1.60. The summed E-state index contributed by atoms with van der Waals surface area (Å²) < 4.78 is 7.10. The van der Waals surface area contributed by atoms with Gasteiger partial charge in [0, 0.05) is 37.6 Å². The molecule has 0 unspecified atom stereocenters. The van der Waals surface area contributed by atoms with Crippen molar-refractivity contribution < 1.29 is 9.53 Å². The second kappa shape index (κ2) is 7.15. The molecule has 0 saturated carbocycles. The Balaban J connectivity index is 1.66. The van der Waals surface area contributed by atoms with Gasteiger partial charge < -0.3 is 10.1 Å². The molecule has 1 aromatic heterocycles. The molecular weight excluding hydrogens is 304 g/mol. The van der Waals surface area contributed by atoms with Gasteiger partial charge in [-0.3, -0.25) is 14.4 Å². The second-order valence-corrected chi connectivity index (χ2v) is 6.17. The van der Waals surface area contributed by atoms with E-state index < -0.39 is 0 Å². The summed E-state index contributed by atoms with van der Waals surface area (Å²) in [5, 5.41) is 7.04. The fourth-order valence-electron chi connectivity index (χ4n) is 2.94. The average molecular weight is 328 g/mol. The van der Waals surface area contributed by atoms with Crippen LogP contribution in [-0.4, -0.2) is 46.9 Å². The molecule has 3 rings (SSSR count). The Morgan fingerprint density at radius 1 is 1.25 bits per heavy atom. The zero-order valence-corrected chi connectivity index (χ0v) is 14.5. The lowest BCUT2D eigenvalue weighted by Gasteiger charge is -2.32. The Morgan fingerprint density at radius 3 is 2.50 bits per heavy atom. The van der Waals surface area contributed by atoms with Crippen LogP contribution in [-0.2, 0) is 11.8 Å². The molecule has 1 aliphatic rings. The number of carbonyl (C=O) groups excluding carboxylic acids is 1. The standard InChI is InChI=1S/C18H24N4O2/c1-13(22-8-10-24-11-9-22)15-4-6-16(7-5-15)20-18(23)17-12-19-21(3)14(17)2/h4-7,12-13H,8-11H2,1-3H3,(H,20,23)/t13-/m0/s1.